The summed E-state index contributed by atoms with van der Waals surface area (Å²) in [6.07, 6.45) is 5.43. The molecule has 2 N–H and O–H groups in total. The van der Waals surface area contributed by atoms with Crippen LogP contribution in [0.15, 0.2) is 35.8 Å². The fourth-order valence-corrected chi connectivity index (χ4v) is 1.96. The molecule has 0 aliphatic carbocycles. The molecule has 0 fully saturated rings. The van der Waals surface area contributed by atoms with Gasteiger partial charge in [-0.1, -0.05) is 18.7 Å². The van der Waals surface area contributed by atoms with Crippen molar-refractivity contribution in [3.63, 3.8) is 0 Å². The average Bonchev–Trinajstić information content (AvgIpc) is 1.84. The Morgan fingerprint density at radius 1 is 1.50 bits per heavy atom. The zero-order chi connectivity index (χ0) is 9.78. The lowest BCUT2D eigenvalue weighted by molar-refractivity contribution is 0.586. The highest BCUT2D eigenvalue weighted by atomic mass is 31.2. The number of hydrogen-bond donors (Lipinski definition) is 1. The van der Waals surface area contributed by atoms with Crippen LogP contribution in [0.3, 0.4) is 0 Å². The Labute approximate surface area is 74.2 Å². The van der Waals surface area contributed by atoms with Crippen LogP contribution >= 0.6 is 7.14 Å². The first-order valence-corrected chi connectivity index (χ1v) is 6.33. The van der Waals surface area contributed by atoms with Gasteiger partial charge in [0, 0.05) is 11.0 Å². The molecule has 0 saturated carbocycles. The predicted molar refractivity (Wildman–Crippen MR) is 55.7 cm³/mol. The van der Waals surface area contributed by atoms with Gasteiger partial charge in [0.1, 0.15) is 7.14 Å². The van der Waals surface area contributed by atoms with Crippen molar-refractivity contribution in [3.8, 4) is 0 Å². The van der Waals surface area contributed by atoms with Gasteiger partial charge in [-0.05, 0) is 26.3 Å². The molecule has 0 bridgehead atoms. The fraction of sp³-hybridized carbons (Fsp3) is 0.333. The number of allylic oxidation sites excluding steroid dienone is 4. The van der Waals surface area contributed by atoms with Crippen molar-refractivity contribution < 1.29 is 4.57 Å². The van der Waals surface area contributed by atoms with Crippen molar-refractivity contribution in [2.24, 2.45) is 5.73 Å². The first-order chi connectivity index (χ1) is 5.39. The van der Waals surface area contributed by atoms with E-state index in [1.54, 1.807) is 19.4 Å². The Bertz CT molecular complexity index is 270. The van der Waals surface area contributed by atoms with E-state index in [9.17, 15) is 4.57 Å². The lowest BCUT2D eigenvalue weighted by atomic mass is 10.4. The van der Waals surface area contributed by atoms with Gasteiger partial charge in [-0.25, -0.2) is 0 Å². The summed E-state index contributed by atoms with van der Waals surface area (Å²) >= 11 is 0. The van der Waals surface area contributed by atoms with E-state index < -0.39 is 7.14 Å². The maximum Gasteiger partial charge on any atom is 0.111 e. The molecule has 0 aliphatic heterocycles. The van der Waals surface area contributed by atoms with Crippen LogP contribution in [-0.2, 0) is 4.57 Å². The van der Waals surface area contributed by atoms with E-state index in [1.807, 2.05) is 19.1 Å². The van der Waals surface area contributed by atoms with Gasteiger partial charge in [0.15, 0.2) is 0 Å². The molecule has 12 heavy (non-hydrogen) atoms. The average molecular weight is 185 g/mol. The van der Waals surface area contributed by atoms with Crippen LogP contribution < -0.4 is 5.73 Å². The van der Waals surface area contributed by atoms with Crippen LogP contribution in [0.25, 0.3) is 0 Å². The van der Waals surface area contributed by atoms with E-state index in [0.29, 0.717) is 11.0 Å². The molecule has 0 aromatic heterocycles. The smallest absolute Gasteiger partial charge is 0.111 e. The molecule has 0 spiro atoms. The maximum absolute atomic E-state index is 11.6. The van der Waals surface area contributed by atoms with E-state index in [2.05, 4.69) is 6.58 Å². The third-order valence-corrected chi connectivity index (χ3v) is 2.95. The number of hydrogen-bond acceptors (Lipinski definition) is 2. The summed E-state index contributed by atoms with van der Waals surface area (Å²) in [4.78, 5) is 0. The van der Waals surface area contributed by atoms with Gasteiger partial charge in [-0.15, -0.1) is 0 Å². The Kier molecular flexibility index (Phi) is 4.05. The van der Waals surface area contributed by atoms with Crippen LogP contribution in [0.1, 0.15) is 6.92 Å². The summed E-state index contributed by atoms with van der Waals surface area (Å²) in [5.74, 6) is 0. The molecule has 0 heterocycles. The molecule has 0 aromatic carbocycles. The van der Waals surface area contributed by atoms with Gasteiger partial charge < -0.3 is 10.3 Å². The lowest BCUT2D eigenvalue weighted by Gasteiger charge is -2.10. The normalized spacial score (nSPS) is 13.8. The van der Waals surface area contributed by atoms with Crippen LogP contribution in [0, 0.1) is 0 Å². The molecule has 0 radical (unpaired) electrons. The van der Waals surface area contributed by atoms with Crippen molar-refractivity contribution in [2.45, 2.75) is 6.92 Å². The molecule has 2 nitrogen and oxygen atoms in total. The molecule has 0 atom stereocenters. The van der Waals surface area contributed by atoms with E-state index in [0.717, 1.165) is 0 Å². The van der Waals surface area contributed by atoms with Crippen LogP contribution in [0.4, 0.5) is 0 Å². The fourth-order valence-electron chi connectivity index (χ4n) is 0.820. The van der Waals surface area contributed by atoms with E-state index >= 15 is 0 Å². The summed E-state index contributed by atoms with van der Waals surface area (Å²) in [6.45, 7) is 8.83. The van der Waals surface area contributed by atoms with Gasteiger partial charge in [-0.2, -0.15) is 0 Å². The SMILES string of the molecule is C=C(N)/C(=C\C=C/C)P(C)(C)=O. The van der Waals surface area contributed by atoms with Crippen LogP contribution in [-0.4, -0.2) is 13.3 Å². The monoisotopic (exact) mass is 185 g/mol. The van der Waals surface area contributed by atoms with Gasteiger partial charge >= 0.3 is 0 Å². The molecular weight excluding hydrogens is 169 g/mol. The van der Waals surface area contributed by atoms with Crippen molar-refractivity contribution in [3.05, 3.63) is 35.8 Å². The van der Waals surface area contributed by atoms with Crippen LogP contribution in [0.5, 0.6) is 0 Å². The minimum Gasteiger partial charge on any atom is -0.399 e. The van der Waals surface area contributed by atoms with Crippen molar-refractivity contribution >= 4 is 7.14 Å². The van der Waals surface area contributed by atoms with Gasteiger partial charge in [0.25, 0.3) is 0 Å². The van der Waals surface area contributed by atoms with Crippen molar-refractivity contribution in [2.75, 3.05) is 13.3 Å². The summed E-state index contributed by atoms with van der Waals surface area (Å²) in [5, 5.41) is 0.653. The highest BCUT2D eigenvalue weighted by Crippen LogP contribution is 2.48. The molecule has 0 rings (SSSR count). The van der Waals surface area contributed by atoms with Crippen LogP contribution in [0.2, 0.25) is 0 Å². The molecular formula is C9H16NOP. The Balaban J connectivity index is 4.94. The zero-order valence-electron chi connectivity index (χ0n) is 7.87. The number of nitrogens with two attached hydrogens (primary N) is 1. The largest absolute Gasteiger partial charge is 0.399 e. The molecule has 0 aromatic rings. The minimum absolute atomic E-state index is 0.390. The molecule has 0 aliphatic rings. The topological polar surface area (TPSA) is 43.1 Å². The summed E-state index contributed by atoms with van der Waals surface area (Å²) in [7, 11) is -2.28. The molecule has 0 amide bonds. The number of rotatable bonds is 3. The first kappa shape index (κ1) is 11.2. The van der Waals surface area contributed by atoms with E-state index in [4.69, 9.17) is 5.73 Å². The first-order valence-electron chi connectivity index (χ1n) is 3.73. The van der Waals surface area contributed by atoms with E-state index in [-0.39, 0.29) is 0 Å². The molecule has 68 valence electrons. The van der Waals surface area contributed by atoms with E-state index in [1.165, 1.54) is 0 Å². The minimum atomic E-state index is -2.28. The zero-order valence-corrected chi connectivity index (χ0v) is 8.77. The second-order valence-electron chi connectivity index (χ2n) is 2.95. The summed E-state index contributed by atoms with van der Waals surface area (Å²) < 4.78 is 11.6. The quantitative estimate of drug-likeness (QED) is 0.542. The predicted octanol–water partition coefficient (Wildman–Crippen LogP) is 2.54. The highest BCUT2D eigenvalue weighted by molar-refractivity contribution is 7.67. The Morgan fingerprint density at radius 3 is 2.25 bits per heavy atom. The van der Waals surface area contributed by atoms with Gasteiger partial charge in [0.2, 0.25) is 0 Å². The van der Waals surface area contributed by atoms with Crippen molar-refractivity contribution in [1.82, 2.24) is 0 Å². The third-order valence-electron chi connectivity index (χ3n) is 1.36. The van der Waals surface area contributed by atoms with Crippen molar-refractivity contribution in [1.29, 1.82) is 0 Å². The standard InChI is InChI=1S/C9H16NOP/c1-5-6-7-9(8(2)10)12(3,4)11/h5-7H,2,10H2,1,3-4H3/b6-5-,9-7+. The third kappa shape index (κ3) is 3.59. The molecule has 0 saturated heterocycles. The maximum atomic E-state index is 11.6. The van der Waals surface area contributed by atoms with Gasteiger partial charge in [-0.3, -0.25) is 0 Å². The Hall–Kier alpha value is -0.750. The second-order valence-corrected chi connectivity index (χ2v) is 6.14. The Morgan fingerprint density at radius 2 is 2.00 bits per heavy atom. The highest BCUT2D eigenvalue weighted by Gasteiger charge is 2.14. The molecule has 0 unspecified atom stereocenters. The summed E-state index contributed by atoms with van der Waals surface area (Å²) in [6, 6.07) is 0. The second kappa shape index (κ2) is 4.32. The van der Waals surface area contributed by atoms with Gasteiger partial charge in [0.05, 0.1) is 0 Å². The lowest BCUT2D eigenvalue weighted by Crippen LogP contribution is -1.99. The summed E-state index contributed by atoms with van der Waals surface area (Å²) in [5.41, 5.74) is 5.88. The molecule has 3 heteroatoms.